The summed E-state index contributed by atoms with van der Waals surface area (Å²) in [6.07, 6.45) is 2.95. The third kappa shape index (κ3) is 2.38. The molecule has 0 bridgehead atoms. The van der Waals surface area contributed by atoms with Crippen molar-refractivity contribution < 1.29 is 9.66 Å². The minimum atomic E-state index is -0.429. The van der Waals surface area contributed by atoms with Gasteiger partial charge in [-0.25, -0.2) is 0 Å². The van der Waals surface area contributed by atoms with Crippen molar-refractivity contribution in [3.63, 3.8) is 0 Å². The van der Waals surface area contributed by atoms with E-state index in [1.807, 2.05) is 0 Å². The summed E-state index contributed by atoms with van der Waals surface area (Å²) in [7, 11) is 1.42. The smallest absolute Gasteiger partial charge is 0.333 e. The van der Waals surface area contributed by atoms with Crippen LogP contribution in [0.4, 0.5) is 11.4 Å². The number of nitrogens with one attached hydrogen (secondary N) is 1. The average Bonchev–Trinajstić information content (AvgIpc) is 2.74. The van der Waals surface area contributed by atoms with Crippen molar-refractivity contribution >= 4 is 11.4 Å². The number of para-hydroxylation sites is 1. The van der Waals surface area contributed by atoms with Crippen LogP contribution < -0.4 is 15.8 Å². The Labute approximate surface area is 105 Å². The molecular formula is C12H17N3O3. The van der Waals surface area contributed by atoms with Gasteiger partial charge in [-0.15, -0.1) is 0 Å². The Balaban J connectivity index is 2.29. The molecule has 2 unspecified atom stereocenters. The van der Waals surface area contributed by atoms with E-state index in [9.17, 15) is 10.1 Å². The van der Waals surface area contributed by atoms with Crippen molar-refractivity contribution in [3.05, 3.63) is 28.3 Å². The molecule has 1 saturated carbocycles. The number of benzene rings is 1. The van der Waals surface area contributed by atoms with E-state index in [0.717, 1.165) is 19.3 Å². The van der Waals surface area contributed by atoms with Crippen molar-refractivity contribution in [2.45, 2.75) is 31.3 Å². The lowest BCUT2D eigenvalue weighted by atomic mass is 10.1. The zero-order valence-corrected chi connectivity index (χ0v) is 10.3. The number of nitrogens with zero attached hydrogens (tertiary/aromatic N) is 1. The molecule has 0 spiro atoms. The number of hydrogen-bond acceptors (Lipinski definition) is 5. The first-order valence-electron chi connectivity index (χ1n) is 5.97. The molecule has 2 atom stereocenters. The summed E-state index contributed by atoms with van der Waals surface area (Å²) in [5, 5.41) is 14.3. The quantitative estimate of drug-likeness (QED) is 0.630. The number of nitro groups is 1. The topological polar surface area (TPSA) is 90.4 Å². The number of hydrogen-bond donors (Lipinski definition) is 2. The highest BCUT2D eigenvalue weighted by Gasteiger charge is 2.27. The summed E-state index contributed by atoms with van der Waals surface area (Å²) in [6.45, 7) is 0. The van der Waals surface area contributed by atoms with Gasteiger partial charge in [0.25, 0.3) is 0 Å². The number of ether oxygens (including phenoxy) is 1. The van der Waals surface area contributed by atoms with Gasteiger partial charge in [-0.1, -0.05) is 6.07 Å². The Hall–Kier alpha value is -1.82. The first-order valence-corrected chi connectivity index (χ1v) is 5.97. The van der Waals surface area contributed by atoms with Gasteiger partial charge in [-0.05, 0) is 31.4 Å². The van der Waals surface area contributed by atoms with E-state index in [0.29, 0.717) is 5.69 Å². The van der Waals surface area contributed by atoms with E-state index in [-0.39, 0.29) is 23.5 Å². The Morgan fingerprint density at radius 2 is 2.28 bits per heavy atom. The number of methoxy groups -OCH3 is 1. The molecule has 6 heteroatoms. The second kappa shape index (κ2) is 5.22. The largest absolute Gasteiger partial charge is 0.490 e. The van der Waals surface area contributed by atoms with Gasteiger partial charge in [-0.2, -0.15) is 0 Å². The Bertz CT molecular complexity index is 450. The molecule has 1 aliphatic carbocycles. The fourth-order valence-electron chi connectivity index (χ4n) is 2.36. The molecule has 1 fully saturated rings. The third-order valence-corrected chi connectivity index (χ3v) is 3.31. The molecule has 0 radical (unpaired) electrons. The predicted octanol–water partition coefficient (Wildman–Crippen LogP) is 1.90. The molecular weight excluding hydrogens is 234 g/mol. The standard InChI is InChI=1S/C12H17N3O3/c1-18-11-7-3-6-10(12(11)15(16)17)14-9-5-2-4-8(9)13/h3,6-9,14H,2,4-5,13H2,1H3. The van der Waals surface area contributed by atoms with E-state index >= 15 is 0 Å². The predicted molar refractivity (Wildman–Crippen MR) is 68.9 cm³/mol. The summed E-state index contributed by atoms with van der Waals surface area (Å²) >= 11 is 0. The third-order valence-electron chi connectivity index (χ3n) is 3.31. The lowest BCUT2D eigenvalue weighted by Crippen LogP contribution is -2.35. The van der Waals surface area contributed by atoms with E-state index in [4.69, 9.17) is 10.5 Å². The molecule has 98 valence electrons. The summed E-state index contributed by atoms with van der Waals surface area (Å²) in [5.41, 5.74) is 6.41. The van der Waals surface area contributed by atoms with Crippen LogP contribution in [0.3, 0.4) is 0 Å². The van der Waals surface area contributed by atoms with Crippen LogP contribution in [0.5, 0.6) is 5.75 Å². The van der Waals surface area contributed by atoms with Crippen LogP contribution in [-0.4, -0.2) is 24.1 Å². The van der Waals surface area contributed by atoms with Gasteiger partial charge in [0.05, 0.1) is 12.0 Å². The van der Waals surface area contributed by atoms with E-state index in [1.54, 1.807) is 18.2 Å². The second-order valence-electron chi connectivity index (χ2n) is 4.46. The van der Waals surface area contributed by atoms with Crippen LogP contribution in [-0.2, 0) is 0 Å². The molecule has 2 rings (SSSR count). The number of nitro benzene ring substituents is 1. The molecule has 0 aromatic heterocycles. The van der Waals surface area contributed by atoms with E-state index in [1.165, 1.54) is 7.11 Å². The molecule has 6 nitrogen and oxygen atoms in total. The molecule has 0 saturated heterocycles. The maximum absolute atomic E-state index is 11.1. The molecule has 3 N–H and O–H groups in total. The zero-order chi connectivity index (χ0) is 13.1. The average molecular weight is 251 g/mol. The van der Waals surface area contributed by atoms with Gasteiger partial charge >= 0.3 is 5.69 Å². The van der Waals surface area contributed by atoms with E-state index < -0.39 is 4.92 Å². The fourth-order valence-corrected chi connectivity index (χ4v) is 2.36. The van der Waals surface area contributed by atoms with Crippen molar-refractivity contribution in [2.24, 2.45) is 5.73 Å². The number of nitrogens with two attached hydrogens (primary N) is 1. The summed E-state index contributed by atoms with van der Waals surface area (Å²) in [5.74, 6) is 0.261. The second-order valence-corrected chi connectivity index (χ2v) is 4.46. The minimum Gasteiger partial charge on any atom is -0.490 e. The molecule has 1 aromatic carbocycles. The lowest BCUT2D eigenvalue weighted by molar-refractivity contribution is -0.384. The van der Waals surface area contributed by atoms with Crippen LogP contribution in [0.2, 0.25) is 0 Å². The van der Waals surface area contributed by atoms with Gasteiger partial charge in [-0.3, -0.25) is 10.1 Å². The summed E-state index contributed by atoms with van der Waals surface area (Å²) < 4.78 is 5.03. The Kier molecular flexibility index (Phi) is 3.66. The molecule has 0 heterocycles. The van der Waals surface area contributed by atoms with Crippen LogP contribution in [0, 0.1) is 10.1 Å². The lowest BCUT2D eigenvalue weighted by Gasteiger charge is -2.19. The van der Waals surface area contributed by atoms with Crippen molar-refractivity contribution in [1.82, 2.24) is 0 Å². The summed E-state index contributed by atoms with van der Waals surface area (Å²) in [4.78, 5) is 10.7. The molecule has 1 aromatic rings. The Morgan fingerprint density at radius 3 is 2.83 bits per heavy atom. The van der Waals surface area contributed by atoms with Crippen molar-refractivity contribution in [2.75, 3.05) is 12.4 Å². The monoisotopic (exact) mass is 251 g/mol. The maximum atomic E-state index is 11.1. The SMILES string of the molecule is COc1cccc(NC2CCCC2N)c1[N+](=O)[O-]. The first kappa shape index (κ1) is 12.6. The fraction of sp³-hybridized carbons (Fsp3) is 0.500. The normalized spacial score (nSPS) is 22.8. The van der Waals surface area contributed by atoms with Gasteiger partial charge < -0.3 is 15.8 Å². The highest BCUT2D eigenvalue weighted by Crippen LogP contribution is 2.36. The highest BCUT2D eigenvalue weighted by atomic mass is 16.6. The minimum absolute atomic E-state index is 0.0286. The zero-order valence-electron chi connectivity index (χ0n) is 10.3. The van der Waals surface area contributed by atoms with Crippen molar-refractivity contribution in [1.29, 1.82) is 0 Å². The van der Waals surface area contributed by atoms with Gasteiger partial charge in [0.15, 0.2) is 5.75 Å². The van der Waals surface area contributed by atoms with Crippen LogP contribution in [0.15, 0.2) is 18.2 Å². The van der Waals surface area contributed by atoms with E-state index in [2.05, 4.69) is 5.32 Å². The maximum Gasteiger partial charge on any atom is 0.333 e. The molecule has 1 aliphatic rings. The van der Waals surface area contributed by atoms with Crippen LogP contribution in [0.25, 0.3) is 0 Å². The van der Waals surface area contributed by atoms with Gasteiger partial charge in [0.2, 0.25) is 0 Å². The van der Waals surface area contributed by atoms with Crippen LogP contribution in [0.1, 0.15) is 19.3 Å². The molecule has 18 heavy (non-hydrogen) atoms. The van der Waals surface area contributed by atoms with Gasteiger partial charge in [0.1, 0.15) is 5.69 Å². The Morgan fingerprint density at radius 1 is 1.50 bits per heavy atom. The first-order chi connectivity index (χ1) is 8.63. The molecule has 0 aliphatic heterocycles. The number of rotatable bonds is 4. The highest BCUT2D eigenvalue weighted by molar-refractivity contribution is 5.68. The summed E-state index contributed by atoms with van der Waals surface area (Å²) in [6, 6.07) is 5.14. The van der Waals surface area contributed by atoms with Gasteiger partial charge in [0, 0.05) is 12.1 Å². The molecule has 0 amide bonds. The van der Waals surface area contributed by atoms with Crippen LogP contribution >= 0.6 is 0 Å². The van der Waals surface area contributed by atoms with Crippen molar-refractivity contribution in [3.8, 4) is 5.75 Å². The number of anilines is 1.